The minimum Gasteiger partial charge on any atom is -0.465 e. The molecule has 1 aliphatic carbocycles. The average Bonchev–Trinajstić information content (AvgIpc) is 2.94. The third-order valence-electron chi connectivity index (χ3n) is 4.91. The quantitative estimate of drug-likeness (QED) is 0.300. The van der Waals surface area contributed by atoms with E-state index in [1.165, 1.54) is 11.3 Å². The zero-order chi connectivity index (χ0) is 23.3. The number of nitriles is 1. The highest BCUT2D eigenvalue weighted by Gasteiger charge is 2.23. The van der Waals surface area contributed by atoms with E-state index in [-0.39, 0.29) is 11.1 Å². The number of ether oxygens (including phenoxy) is 2. The lowest BCUT2D eigenvalue weighted by Crippen LogP contribution is -2.21. The summed E-state index contributed by atoms with van der Waals surface area (Å²) in [6, 6.07) is 5.15. The maximum atomic E-state index is 12.3. The molecule has 1 aliphatic rings. The zero-order valence-electron chi connectivity index (χ0n) is 17.1. The molecule has 1 heterocycles. The molecule has 32 heavy (non-hydrogen) atoms. The van der Waals surface area contributed by atoms with E-state index < -0.39 is 35.1 Å². The topological polar surface area (TPSA) is 149 Å². The fourth-order valence-electron chi connectivity index (χ4n) is 3.40. The second kappa shape index (κ2) is 10.0. The van der Waals surface area contributed by atoms with Crippen LogP contribution in [0.4, 0.5) is 10.7 Å². The number of nitrogens with one attached hydrogen (secondary N) is 1. The molecule has 0 aliphatic heterocycles. The maximum Gasteiger partial charge on any atom is 0.338 e. The van der Waals surface area contributed by atoms with Gasteiger partial charge in [0.25, 0.3) is 11.6 Å². The van der Waals surface area contributed by atoms with Crippen LogP contribution in [0.3, 0.4) is 0 Å². The van der Waals surface area contributed by atoms with E-state index in [2.05, 4.69) is 16.1 Å². The first-order valence-electron chi connectivity index (χ1n) is 9.73. The molecule has 0 saturated carbocycles. The second-order valence-corrected chi connectivity index (χ2v) is 8.13. The molecule has 0 bridgehead atoms. The van der Waals surface area contributed by atoms with Crippen molar-refractivity contribution >= 4 is 39.9 Å². The van der Waals surface area contributed by atoms with Gasteiger partial charge in [-0.25, -0.2) is 9.59 Å². The third-order valence-corrected chi connectivity index (χ3v) is 6.11. The van der Waals surface area contributed by atoms with Crippen molar-refractivity contribution in [1.82, 2.24) is 0 Å². The van der Waals surface area contributed by atoms with Gasteiger partial charge in [0.1, 0.15) is 11.1 Å². The standard InChI is InChI=1S/C21H19N3O7S/c1-30-20(26)12-7-13(9-14(8-12)24(28)29)21(27)31-11-18(25)23-19-16(10-22)15-5-3-2-4-6-17(15)32-19/h7-9H,2-6,11H2,1H3,(H,23,25). The number of amides is 1. The molecule has 10 nitrogen and oxygen atoms in total. The molecule has 1 amide bonds. The molecule has 2 aromatic rings. The van der Waals surface area contributed by atoms with Crippen molar-refractivity contribution in [2.45, 2.75) is 32.1 Å². The monoisotopic (exact) mass is 457 g/mol. The number of nitrogens with zero attached hydrogens (tertiary/aromatic N) is 2. The van der Waals surface area contributed by atoms with Crippen molar-refractivity contribution in [3.63, 3.8) is 0 Å². The summed E-state index contributed by atoms with van der Waals surface area (Å²) in [4.78, 5) is 47.8. The minimum atomic E-state index is -1.02. The molecular formula is C21H19N3O7S. The summed E-state index contributed by atoms with van der Waals surface area (Å²) in [5.74, 6) is -2.52. The fraction of sp³-hybridized carbons (Fsp3) is 0.333. The Kier molecular flexibility index (Phi) is 7.17. The van der Waals surface area contributed by atoms with Crippen molar-refractivity contribution in [2.75, 3.05) is 19.0 Å². The highest BCUT2D eigenvalue weighted by atomic mass is 32.1. The normalized spacial score (nSPS) is 12.6. The van der Waals surface area contributed by atoms with Crippen molar-refractivity contribution in [3.05, 3.63) is 55.4 Å². The number of hydrogen-bond acceptors (Lipinski definition) is 9. The summed E-state index contributed by atoms with van der Waals surface area (Å²) in [5, 5.41) is 23.6. The number of benzene rings is 1. The second-order valence-electron chi connectivity index (χ2n) is 7.02. The lowest BCUT2D eigenvalue weighted by Gasteiger charge is -2.07. The number of carbonyl (C=O) groups excluding carboxylic acids is 3. The summed E-state index contributed by atoms with van der Waals surface area (Å²) in [7, 11) is 1.10. The fourth-order valence-corrected chi connectivity index (χ4v) is 4.65. The van der Waals surface area contributed by atoms with Gasteiger partial charge in [-0.05, 0) is 37.3 Å². The molecular weight excluding hydrogens is 438 g/mol. The molecule has 0 spiro atoms. The Morgan fingerprint density at radius 2 is 1.84 bits per heavy atom. The van der Waals surface area contributed by atoms with Crippen molar-refractivity contribution in [3.8, 4) is 6.07 Å². The van der Waals surface area contributed by atoms with Crippen LogP contribution in [0.15, 0.2) is 18.2 Å². The number of aryl methyl sites for hydroxylation is 1. The first-order chi connectivity index (χ1) is 15.3. The summed E-state index contributed by atoms with van der Waals surface area (Å²) in [6.45, 7) is -0.664. The molecule has 0 unspecified atom stereocenters. The highest BCUT2D eigenvalue weighted by Crippen LogP contribution is 2.36. The molecule has 1 N–H and O–H groups in total. The smallest absolute Gasteiger partial charge is 0.338 e. The van der Waals surface area contributed by atoms with Gasteiger partial charge < -0.3 is 14.8 Å². The van der Waals surface area contributed by atoms with Gasteiger partial charge >= 0.3 is 11.9 Å². The molecule has 0 fully saturated rings. The van der Waals surface area contributed by atoms with Crippen molar-refractivity contribution < 1.29 is 28.8 Å². The van der Waals surface area contributed by atoms with E-state index in [1.807, 2.05) is 0 Å². The van der Waals surface area contributed by atoms with Crippen molar-refractivity contribution in [1.29, 1.82) is 5.26 Å². The van der Waals surface area contributed by atoms with E-state index in [9.17, 15) is 29.8 Å². The van der Waals surface area contributed by atoms with Gasteiger partial charge in [0.05, 0.1) is 28.7 Å². The van der Waals surface area contributed by atoms with Crippen LogP contribution in [0, 0.1) is 21.4 Å². The number of carbonyl (C=O) groups is 3. The van der Waals surface area contributed by atoms with E-state index in [4.69, 9.17) is 4.74 Å². The van der Waals surface area contributed by atoms with Gasteiger partial charge in [-0.2, -0.15) is 5.26 Å². The van der Waals surface area contributed by atoms with Gasteiger partial charge in [0, 0.05) is 17.0 Å². The number of nitro benzene ring substituents is 1. The number of thiophene rings is 1. The molecule has 3 rings (SSSR count). The first-order valence-corrected chi connectivity index (χ1v) is 10.5. The molecule has 0 atom stereocenters. The molecule has 166 valence electrons. The Labute approximate surface area is 186 Å². The Hall–Kier alpha value is -3.78. The van der Waals surface area contributed by atoms with Crippen LogP contribution < -0.4 is 5.32 Å². The predicted molar refractivity (Wildman–Crippen MR) is 114 cm³/mol. The first kappa shape index (κ1) is 22.9. The number of esters is 2. The highest BCUT2D eigenvalue weighted by molar-refractivity contribution is 7.16. The molecule has 0 saturated heterocycles. The van der Waals surface area contributed by atoms with E-state index >= 15 is 0 Å². The number of nitro groups is 1. The number of fused-ring (bicyclic) bond motifs is 1. The van der Waals surface area contributed by atoms with Gasteiger partial charge in [0.15, 0.2) is 6.61 Å². The van der Waals surface area contributed by atoms with Gasteiger partial charge in [-0.15, -0.1) is 11.3 Å². The third kappa shape index (κ3) is 5.09. The van der Waals surface area contributed by atoms with Crippen LogP contribution in [0.5, 0.6) is 0 Å². The predicted octanol–water partition coefficient (Wildman–Crippen LogP) is 3.38. The number of anilines is 1. The average molecular weight is 457 g/mol. The van der Waals surface area contributed by atoms with Crippen LogP contribution >= 0.6 is 11.3 Å². The SMILES string of the molecule is COC(=O)c1cc(C(=O)OCC(=O)Nc2sc3c(c2C#N)CCCCC3)cc([N+](=O)[O-])c1. The largest absolute Gasteiger partial charge is 0.465 e. The van der Waals surface area contributed by atoms with Gasteiger partial charge in [-0.3, -0.25) is 14.9 Å². The lowest BCUT2D eigenvalue weighted by molar-refractivity contribution is -0.384. The van der Waals surface area contributed by atoms with Crippen LogP contribution in [-0.4, -0.2) is 36.5 Å². The summed E-state index contributed by atoms with van der Waals surface area (Å²) in [5.41, 5.74) is 0.440. The van der Waals surface area contributed by atoms with E-state index in [0.717, 1.165) is 67.9 Å². The number of hydrogen-bond donors (Lipinski definition) is 1. The Morgan fingerprint density at radius 1 is 1.16 bits per heavy atom. The zero-order valence-corrected chi connectivity index (χ0v) is 18.0. The van der Waals surface area contributed by atoms with Gasteiger partial charge in [0.2, 0.25) is 0 Å². The Balaban J connectivity index is 1.70. The number of methoxy groups -OCH3 is 1. The lowest BCUT2D eigenvalue weighted by atomic mass is 10.1. The minimum absolute atomic E-state index is 0.197. The van der Waals surface area contributed by atoms with Crippen LogP contribution in [0.25, 0.3) is 0 Å². The number of non-ortho nitro benzene ring substituents is 1. The molecule has 0 radical (unpaired) electrons. The summed E-state index contributed by atoms with van der Waals surface area (Å²) < 4.78 is 9.49. The molecule has 1 aromatic heterocycles. The van der Waals surface area contributed by atoms with Gasteiger partial charge in [-0.1, -0.05) is 6.42 Å². The van der Waals surface area contributed by atoms with Crippen LogP contribution in [0.1, 0.15) is 56.0 Å². The summed E-state index contributed by atoms with van der Waals surface area (Å²) in [6.07, 6.45) is 4.75. The molecule has 1 aromatic carbocycles. The van der Waals surface area contributed by atoms with E-state index in [1.54, 1.807) is 0 Å². The van der Waals surface area contributed by atoms with Crippen LogP contribution in [0.2, 0.25) is 0 Å². The number of rotatable bonds is 6. The Morgan fingerprint density at radius 3 is 2.50 bits per heavy atom. The maximum absolute atomic E-state index is 12.3. The van der Waals surface area contributed by atoms with Crippen LogP contribution in [-0.2, 0) is 27.1 Å². The Bertz CT molecular complexity index is 1130. The summed E-state index contributed by atoms with van der Waals surface area (Å²) >= 11 is 1.35. The molecule has 11 heteroatoms. The van der Waals surface area contributed by atoms with E-state index in [0.29, 0.717) is 10.6 Å². The van der Waals surface area contributed by atoms with Crippen molar-refractivity contribution in [2.24, 2.45) is 0 Å².